The number of hydrogen-bond donors (Lipinski definition) is 1. The first-order valence-electron chi connectivity index (χ1n) is 8.97. The normalized spacial score (nSPS) is 14.6. The molecule has 1 aliphatic rings. The number of carbonyl (C=O) groups is 1. The zero-order valence-electron chi connectivity index (χ0n) is 14.9. The van der Waals surface area contributed by atoms with Crippen LogP contribution in [0.5, 0.6) is 0 Å². The van der Waals surface area contributed by atoms with Crippen LogP contribution in [0, 0.1) is 0 Å². The van der Waals surface area contributed by atoms with Gasteiger partial charge in [0.2, 0.25) is 10.0 Å². The molecule has 2 aromatic carbocycles. The molecule has 1 heterocycles. The molecule has 3 rings (SSSR count). The fourth-order valence-electron chi connectivity index (χ4n) is 3.15. The third-order valence-corrected chi connectivity index (χ3v) is 6.14. The number of benzene rings is 2. The van der Waals surface area contributed by atoms with Gasteiger partial charge >= 0.3 is 0 Å². The number of carbonyl (C=O) groups excluding carboxylic acids is 1. The summed E-state index contributed by atoms with van der Waals surface area (Å²) in [7, 11) is -3.51. The molecule has 0 atom stereocenters. The maximum Gasteiger partial charge on any atom is 0.253 e. The minimum absolute atomic E-state index is 0.0525. The summed E-state index contributed by atoms with van der Waals surface area (Å²) >= 11 is 0. The molecule has 0 bridgehead atoms. The van der Waals surface area contributed by atoms with Crippen molar-refractivity contribution >= 4 is 15.9 Å². The van der Waals surface area contributed by atoms with Crippen LogP contribution in [0.2, 0.25) is 0 Å². The van der Waals surface area contributed by atoms with E-state index in [9.17, 15) is 13.2 Å². The van der Waals surface area contributed by atoms with Crippen molar-refractivity contribution < 1.29 is 13.2 Å². The number of hydrogen-bond acceptors (Lipinski definition) is 3. The van der Waals surface area contributed by atoms with Gasteiger partial charge in [-0.3, -0.25) is 4.79 Å². The van der Waals surface area contributed by atoms with Gasteiger partial charge in [0, 0.05) is 25.2 Å². The summed E-state index contributed by atoms with van der Waals surface area (Å²) in [5.74, 6) is -0.0525. The van der Waals surface area contributed by atoms with Crippen molar-refractivity contribution in [3.05, 3.63) is 65.2 Å². The Labute approximate surface area is 155 Å². The Kier molecular flexibility index (Phi) is 5.74. The quantitative estimate of drug-likeness (QED) is 0.877. The van der Waals surface area contributed by atoms with Crippen molar-refractivity contribution in [2.45, 2.75) is 31.1 Å². The first-order chi connectivity index (χ1) is 12.5. The second-order valence-corrected chi connectivity index (χ2v) is 8.25. The smallest absolute Gasteiger partial charge is 0.253 e. The second kappa shape index (κ2) is 8.01. The van der Waals surface area contributed by atoms with Crippen molar-refractivity contribution in [2.24, 2.45) is 0 Å². The van der Waals surface area contributed by atoms with Crippen LogP contribution in [0.1, 0.15) is 34.8 Å². The summed E-state index contributed by atoms with van der Waals surface area (Å²) in [6.45, 7) is 3.66. The topological polar surface area (TPSA) is 66.5 Å². The van der Waals surface area contributed by atoms with Crippen LogP contribution < -0.4 is 4.72 Å². The molecule has 0 saturated carbocycles. The van der Waals surface area contributed by atoms with Crippen molar-refractivity contribution in [2.75, 3.05) is 19.6 Å². The van der Waals surface area contributed by atoms with Crippen LogP contribution in [0.25, 0.3) is 0 Å². The molecule has 1 N–H and O–H groups in total. The lowest BCUT2D eigenvalue weighted by atomic mass is 10.0. The lowest BCUT2D eigenvalue weighted by molar-refractivity contribution is 0.0763. The highest BCUT2D eigenvalue weighted by Gasteiger charge is 2.20. The van der Waals surface area contributed by atoms with E-state index in [1.165, 1.54) is 23.3 Å². The predicted octanol–water partition coefficient (Wildman–Crippen LogP) is 2.62. The van der Waals surface area contributed by atoms with Gasteiger partial charge in [-0.05, 0) is 54.7 Å². The monoisotopic (exact) mass is 372 g/mol. The summed E-state index contributed by atoms with van der Waals surface area (Å²) < 4.78 is 26.8. The van der Waals surface area contributed by atoms with Crippen LogP contribution in [0.15, 0.2) is 53.4 Å². The lowest BCUT2D eigenvalue weighted by Gasteiger charge is -2.20. The Morgan fingerprint density at radius 2 is 1.58 bits per heavy atom. The molecule has 0 spiro atoms. The van der Waals surface area contributed by atoms with Crippen LogP contribution in [0.3, 0.4) is 0 Å². The lowest BCUT2D eigenvalue weighted by Crippen LogP contribution is -2.33. The molecule has 0 aromatic heterocycles. The molecule has 26 heavy (non-hydrogen) atoms. The first-order valence-corrected chi connectivity index (χ1v) is 10.5. The zero-order valence-corrected chi connectivity index (χ0v) is 15.8. The Morgan fingerprint density at radius 3 is 2.12 bits per heavy atom. The maximum atomic E-state index is 12.8. The third-order valence-electron chi connectivity index (χ3n) is 4.66. The molecule has 0 aliphatic carbocycles. The van der Waals surface area contributed by atoms with E-state index in [1.54, 1.807) is 12.1 Å². The first kappa shape index (κ1) is 18.6. The van der Waals surface area contributed by atoms with Crippen LogP contribution in [-0.2, 0) is 22.9 Å². The van der Waals surface area contributed by atoms with E-state index in [-0.39, 0.29) is 10.8 Å². The number of nitrogens with zero attached hydrogens (tertiary/aromatic N) is 1. The number of rotatable bonds is 5. The van der Waals surface area contributed by atoms with Crippen LogP contribution in [-0.4, -0.2) is 38.9 Å². The van der Waals surface area contributed by atoms with Crippen molar-refractivity contribution in [1.82, 2.24) is 9.62 Å². The Balaban J connectivity index is 1.71. The molecular formula is C20H24N2O3S. The van der Waals surface area contributed by atoms with Gasteiger partial charge in [0.25, 0.3) is 5.91 Å². The molecule has 5 nitrogen and oxygen atoms in total. The summed E-state index contributed by atoms with van der Waals surface area (Å²) in [4.78, 5) is 14.8. The standard InChI is InChI=1S/C20H24N2O3S/c1-2-13-21-26(24,25)19-9-7-18(8-10-19)20(23)22-14-11-16-5-3-4-6-17(16)12-15-22/h3-10,21H,2,11-15H2,1H3. The largest absolute Gasteiger partial charge is 0.338 e. The summed E-state index contributed by atoms with van der Waals surface area (Å²) in [6, 6.07) is 14.5. The molecule has 138 valence electrons. The van der Waals surface area contributed by atoms with Crippen LogP contribution in [0.4, 0.5) is 0 Å². The Morgan fingerprint density at radius 1 is 1.00 bits per heavy atom. The third kappa shape index (κ3) is 4.14. The molecule has 1 aliphatic heterocycles. The average molecular weight is 372 g/mol. The molecular weight excluding hydrogens is 348 g/mol. The van der Waals surface area contributed by atoms with E-state index in [0.29, 0.717) is 25.2 Å². The fraction of sp³-hybridized carbons (Fsp3) is 0.350. The molecule has 0 radical (unpaired) electrons. The van der Waals surface area contributed by atoms with Gasteiger partial charge in [0.05, 0.1) is 4.90 Å². The summed E-state index contributed by atoms with van der Waals surface area (Å²) in [6.07, 6.45) is 2.41. The molecule has 0 unspecified atom stereocenters. The van der Waals surface area contributed by atoms with Crippen molar-refractivity contribution in [1.29, 1.82) is 0 Å². The van der Waals surface area contributed by atoms with Crippen molar-refractivity contribution in [3.8, 4) is 0 Å². The van der Waals surface area contributed by atoms with E-state index in [0.717, 1.165) is 19.3 Å². The summed E-state index contributed by atoms with van der Waals surface area (Å²) in [5.41, 5.74) is 3.11. The minimum Gasteiger partial charge on any atom is -0.338 e. The highest BCUT2D eigenvalue weighted by atomic mass is 32.2. The zero-order chi connectivity index (χ0) is 18.6. The van der Waals surface area contributed by atoms with Gasteiger partial charge in [-0.1, -0.05) is 31.2 Å². The predicted molar refractivity (Wildman–Crippen MR) is 102 cm³/mol. The SMILES string of the molecule is CCCNS(=O)(=O)c1ccc(C(=O)N2CCc3ccccc3CC2)cc1. The van der Waals surface area contributed by atoms with Crippen LogP contribution >= 0.6 is 0 Å². The van der Waals surface area contributed by atoms with Gasteiger partial charge in [-0.15, -0.1) is 0 Å². The average Bonchev–Trinajstić information content (AvgIpc) is 2.89. The molecule has 0 saturated heterocycles. The minimum atomic E-state index is -3.51. The Bertz CT molecular complexity index is 849. The fourth-order valence-corrected chi connectivity index (χ4v) is 4.28. The number of fused-ring (bicyclic) bond motifs is 1. The van der Waals surface area contributed by atoms with Gasteiger partial charge in [-0.2, -0.15) is 0 Å². The number of amides is 1. The maximum absolute atomic E-state index is 12.8. The van der Waals surface area contributed by atoms with E-state index in [1.807, 2.05) is 24.0 Å². The Hall–Kier alpha value is -2.18. The van der Waals surface area contributed by atoms with Gasteiger partial charge in [-0.25, -0.2) is 13.1 Å². The van der Waals surface area contributed by atoms with Gasteiger partial charge in [0.1, 0.15) is 0 Å². The van der Waals surface area contributed by atoms with E-state index < -0.39 is 10.0 Å². The molecule has 2 aromatic rings. The molecule has 6 heteroatoms. The highest BCUT2D eigenvalue weighted by molar-refractivity contribution is 7.89. The van der Waals surface area contributed by atoms with E-state index in [4.69, 9.17) is 0 Å². The summed E-state index contributed by atoms with van der Waals surface area (Å²) in [5, 5.41) is 0. The van der Waals surface area contributed by atoms with Crippen molar-refractivity contribution in [3.63, 3.8) is 0 Å². The molecule has 1 amide bonds. The van der Waals surface area contributed by atoms with E-state index in [2.05, 4.69) is 16.9 Å². The highest BCUT2D eigenvalue weighted by Crippen LogP contribution is 2.18. The number of sulfonamides is 1. The number of nitrogens with one attached hydrogen (secondary N) is 1. The van der Waals surface area contributed by atoms with Gasteiger partial charge < -0.3 is 4.90 Å². The molecule has 0 fully saturated rings. The van der Waals surface area contributed by atoms with E-state index >= 15 is 0 Å². The second-order valence-electron chi connectivity index (χ2n) is 6.48. The van der Waals surface area contributed by atoms with Gasteiger partial charge in [0.15, 0.2) is 0 Å².